The van der Waals surface area contributed by atoms with E-state index < -0.39 is 5.79 Å². The van der Waals surface area contributed by atoms with Crippen molar-refractivity contribution >= 4 is 45.6 Å². The summed E-state index contributed by atoms with van der Waals surface area (Å²) in [6.45, 7) is 7.69. The maximum Gasteiger partial charge on any atom is 0.309 e. The minimum atomic E-state index is -0.710. The lowest BCUT2D eigenvalue weighted by Gasteiger charge is -2.23. The van der Waals surface area contributed by atoms with Crippen molar-refractivity contribution in [3.63, 3.8) is 0 Å². The SMILES string of the molecule is C=C[C@H]1C[C@@H](n2c(=O)sc3c(Cl)nc(/N=C/N(C)C)nc32)[C@@H]2OC(C)(C)O[C@@H]21. The van der Waals surface area contributed by atoms with Crippen LogP contribution in [0.15, 0.2) is 22.4 Å². The molecule has 0 radical (unpaired) electrons. The molecule has 3 heterocycles. The van der Waals surface area contributed by atoms with Gasteiger partial charge in [-0.05, 0) is 20.3 Å². The van der Waals surface area contributed by atoms with Gasteiger partial charge in [0.05, 0.1) is 18.5 Å². The van der Waals surface area contributed by atoms with Gasteiger partial charge in [0, 0.05) is 20.0 Å². The largest absolute Gasteiger partial charge is 0.369 e. The monoisotopic (exact) mass is 423 g/mol. The summed E-state index contributed by atoms with van der Waals surface area (Å²) in [5.41, 5.74) is 0.475. The number of nitrogens with zero attached hydrogens (tertiary/aromatic N) is 5. The Labute approximate surface area is 171 Å². The molecule has 1 saturated heterocycles. The van der Waals surface area contributed by atoms with Crippen molar-refractivity contribution in [3.05, 3.63) is 27.5 Å². The second kappa shape index (κ2) is 6.91. The van der Waals surface area contributed by atoms with Gasteiger partial charge in [-0.2, -0.15) is 9.97 Å². The first-order valence-electron chi connectivity index (χ1n) is 8.97. The fourth-order valence-corrected chi connectivity index (χ4v) is 5.00. The van der Waals surface area contributed by atoms with Gasteiger partial charge in [-0.1, -0.05) is 29.0 Å². The van der Waals surface area contributed by atoms with Crippen molar-refractivity contribution in [1.82, 2.24) is 19.4 Å². The Bertz CT molecular complexity index is 1010. The van der Waals surface area contributed by atoms with Crippen molar-refractivity contribution in [2.45, 2.75) is 44.3 Å². The van der Waals surface area contributed by atoms with E-state index in [0.717, 1.165) is 11.3 Å². The molecule has 2 fully saturated rings. The summed E-state index contributed by atoms with van der Waals surface area (Å²) in [6.07, 6.45) is 3.72. The summed E-state index contributed by atoms with van der Waals surface area (Å²) >= 11 is 7.36. The molecule has 4 atom stereocenters. The number of aromatic nitrogens is 3. The molecule has 0 aromatic carbocycles. The van der Waals surface area contributed by atoms with Crippen molar-refractivity contribution in [2.75, 3.05) is 14.1 Å². The molecule has 0 bridgehead atoms. The van der Waals surface area contributed by atoms with Gasteiger partial charge in [0.15, 0.2) is 16.6 Å². The average molecular weight is 424 g/mol. The smallest absolute Gasteiger partial charge is 0.309 e. The Morgan fingerprint density at radius 3 is 2.75 bits per heavy atom. The third-order valence-electron chi connectivity index (χ3n) is 4.93. The number of aliphatic imine (C=N–C) groups is 1. The van der Waals surface area contributed by atoms with Crippen LogP contribution in [0.5, 0.6) is 0 Å². The first kappa shape index (κ1) is 19.5. The van der Waals surface area contributed by atoms with Crippen LogP contribution in [0.25, 0.3) is 10.3 Å². The summed E-state index contributed by atoms with van der Waals surface area (Å²) < 4.78 is 14.4. The van der Waals surface area contributed by atoms with Gasteiger partial charge >= 0.3 is 4.87 Å². The van der Waals surface area contributed by atoms with E-state index in [-0.39, 0.29) is 40.1 Å². The molecule has 2 aromatic heterocycles. The van der Waals surface area contributed by atoms with Crippen molar-refractivity contribution in [2.24, 2.45) is 10.9 Å². The summed E-state index contributed by atoms with van der Waals surface area (Å²) in [4.78, 5) is 27.4. The highest BCUT2D eigenvalue weighted by Gasteiger charge is 2.54. The second-order valence-corrected chi connectivity index (χ2v) is 9.00. The van der Waals surface area contributed by atoms with Crippen LogP contribution >= 0.6 is 22.9 Å². The van der Waals surface area contributed by atoms with E-state index in [0.29, 0.717) is 16.8 Å². The normalized spacial score (nSPS) is 28.9. The molecule has 1 aliphatic carbocycles. The van der Waals surface area contributed by atoms with Gasteiger partial charge in [-0.25, -0.2) is 4.99 Å². The van der Waals surface area contributed by atoms with E-state index in [9.17, 15) is 4.79 Å². The van der Waals surface area contributed by atoms with Crippen LogP contribution < -0.4 is 4.87 Å². The topological polar surface area (TPSA) is 81.8 Å². The van der Waals surface area contributed by atoms with Gasteiger partial charge in [-0.15, -0.1) is 6.58 Å². The van der Waals surface area contributed by atoms with E-state index in [4.69, 9.17) is 21.1 Å². The lowest BCUT2D eigenvalue weighted by molar-refractivity contribution is -0.158. The molecule has 150 valence electrons. The molecule has 0 amide bonds. The molecule has 1 saturated carbocycles. The van der Waals surface area contributed by atoms with Gasteiger partial charge < -0.3 is 14.4 Å². The molecule has 10 heteroatoms. The van der Waals surface area contributed by atoms with Crippen molar-refractivity contribution in [3.8, 4) is 0 Å². The Hall–Kier alpha value is -1.81. The van der Waals surface area contributed by atoms with Crippen LogP contribution in [0, 0.1) is 5.92 Å². The van der Waals surface area contributed by atoms with Crippen LogP contribution in [0.2, 0.25) is 5.15 Å². The number of ether oxygens (including phenoxy) is 2. The fraction of sp³-hybridized carbons (Fsp3) is 0.556. The molecule has 2 aromatic rings. The predicted octanol–water partition coefficient (Wildman–Crippen LogP) is 2.99. The van der Waals surface area contributed by atoms with Crippen LogP contribution in [0.1, 0.15) is 26.3 Å². The Kier molecular flexibility index (Phi) is 4.81. The number of hydrogen-bond donors (Lipinski definition) is 0. The summed E-state index contributed by atoms with van der Waals surface area (Å²) in [6, 6.07) is -0.229. The summed E-state index contributed by atoms with van der Waals surface area (Å²) in [5.74, 6) is -0.419. The highest BCUT2D eigenvalue weighted by Crippen LogP contribution is 2.47. The van der Waals surface area contributed by atoms with Gasteiger partial charge in [0.2, 0.25) is 0 Å². The third-order valence-corrected chi connectivity index (χ3v) is 6.26. The quantitative estimate of drug-likeness (QED) is 0.325. The minimum Gasteiger partial charge on any atom is -0.369 e. The molecular formula is C18H22ClN5O3S. The lowest BCUT2D eigenvalue weighted by Crippen LogP contribution is -2.31. The zero-order valence-electron chi connectivity index (χ0n) is 16.1. The first-order chi connectivity index (χ1) is 13.2. The van der Waals surface area contributed by atoms with Gasteiger partial charge in [0.1, 0.15) is 10.8 Å². The minimum absolute atomic E-state index is 0.0853. The molecule has 2 aliphatic rings. The van der Waals surface area contributed by atoms with E-state index >= 15 is 0 Å². The standard InChI is InChI=1S/C18H22ClN5O3S/c1-6-9-7-10(12-11(9)26-18(2,3)27-12)24-15-13(28-17(24)25)14(19)21-16(22-15)20-8-23(4)5/h6,8-12H,1,7H2,2-5H3/b20-8+/t9-,10+,11+,12-/m0/s1. The van der Waals surface area contributed by atoms with E-state index in [1.165, 1.54) is 0 Å². The number of halogens is 1. The molecule has 4 rings (SSSR count). The van der Waals surface area contributed by atoms with Crippen molar-refractivity contribution < 1.29 is 9.47 Å². The predicted molar refractivity (Wildman–Crippen MR) is 110 cm³/mol. The van der Waals surface area contributed by atoms with Gasteiger partial charge in [-0.3, -0.25) is 9.36 Å². The molecule has 0 spiro atoms. The highest BCUT2D eigenvalue weighted by molar-refractivity contribution is 7.17. The first-order valence-corrected chi connectivity index (χ1v) is 10.2. The maximum atomic E-state index is 12.9. The van der Waals surface area contributed by atoms with Crippen LogP contribution in [-0.2, 0) is 9.47 Å². The highest BCUT2D eigenvalue weighted by atomic mass is 35.5. The molecule has 8 nitrogen and oxygen atoms in total. The number of rotatable bonds is 4. The number of thiazole rings is 1. The number of fused-ring (bicyclic) bond motifs is 2. The van der Waals surface area contributed by atoms with E-state index in [1.807, 2.05) is 34.0 Å². The Morgan fingerprint density at radius 2 is 2.07 bits per heavy atom. The maximum absolute atomic E-state index is 12.9. The van der Waals surface area contributed by atoms with Crippen LogP contribution in [0.3, 0.4) is 0 Å². The van der Waals surface area contributed by atoms with Gasteiger partial charge in [0.25, 0.3) is 5.95 Å². The van der Waals surface area contributed by atoms with E-state index in [1.54, 1.807) is 15.8 Å². The molecule has 28 heavy (non-hydrogen) atoms. The van der Waals surface area contributed by atoms with Crippen LogP contribution in [0.4, 0.5) is 5.95 Å². The zero-order chi connectivity index (χ0) is 20.2. The van der Waals surface area contributed by atoms with Crippen LogP contribution in [-0.4, -0.2) is 57.9 Å². The third kappa shape index (κ3) is 3.26. The molecule has 0 unspecified atom stereocenters. The summed E-state index contributed by atoms with van der Waals surface area (Å²) in [7, 11) is 3.69. The van der Waals surface area contributed by atoms with E-state index in [2.05, 4.69) is 21.5 Å². The Balaban J connectivity index is 1.83. The number of hydrogen-bond acceptors (Lipinski definition) is 7. The fourth-order valence-electron chi connectivity index (χ4n) is 3.87. The zero-order valence-corrected chi connectivity index (χ0v) is 17.7. The summed E-state index contributed by atoms with van der Waals surface area (Å²) in [5, 5.41) is 0.218. The Morgan fingerprint density at radius 1 is 1.36 bits per heavy atom. The van der Waals surface area contributed by atoms with Crippen molar-refractivity contribution in [1.29, 1.82) is 0 Å². The second-order valence-electron chi connectivity index (χ2n) is 7.68. The lowest BCUT2D eigenvalue weighted by atomic mass is 10.1. The molecular weight excluding hydrogens is 402 g/mol. The molecule has 0 N–H and O–H groups in total. The molecule has 1 aliphatic heterocycles. The average Bonchev–Trinajstić information content (AvgIpc) is 3.21.